The van der Waals surface area contributed by atoms with Crippen LogP contribution in [0.3, 0.4) is 0 Å². The maximum Gasteiger partial charge on any atom is 0.254 e. The standard InChI is InChI=1S/C8H15FN2O3/c1-10-8(13)6(9)4-2-3-5-7(12)11-14/h6,14H,2-5H2,1H3,(H,10,13)(H,11,12). The van der Waals surface area contributed by atoms with E-state index in [4.69, 9.17) is 5.21 Å². The molecule has 82 valence electrons. The van der Waals surface area contributed by atoms with E-state index in [0.717, 1.165) is 0 Å². The van der Waals surface area contributed by atoms with Crippen molar-refractivity contribution in [3.63, 3.8) is 0 Å². The van der Waals surface area contributed by atoms with Crippen LogP contribution in [0.1, 0.15) is 25.7 Å². The van der Waals surface area contributed by atoms with Crippen LogP contribution in [0.25, 0.3) is 0 Å². The predicted octanol–water partition coefficient (Wildman–Crippen LogP) is 0.136. The zero-order chi connectivity index (χ0) is 11.0. The Hall–Kier alpha value is -1.17. The van der Waals surface area contributed by atoms with Crippen molar-refractivity contribution in [2.24, 2.45) is 0 Å². The van der Waals surface area contributed by atoms with Crippen LogP contribution in [0.2, 0.25) is 0 Å². The molecule has 0 bridgehead atoms. The van der Waals surface area contributed by atoms with Gasteiger partial charge in [0.15, 0.2) is 6.17 Å². The lowest BCUT2D eigenvalue weighted by Gasteiger charge is -2.05. The van der Waals surface area contributed by atoms with E-state index in [1.807, 2.05) is 0 Å². The van der Waals surface area contributed by atoms with Crippen LogP contribution in [0.5, 0.6) is 0 Å². The van der Waals surface area contributed by atoms with Gasteiger partial charge in [0, 0.05) is 13.5 Å². The molecule has 1 atom stereocenters. The third kappa shape index (κ3) is 5.47. The number of rotatable bonds is 6. The summed E-state index contributed by atoms with van der Waals surface area (Å²) in [4.78, 5) is 21.2. The summed E-state index contributed by atoms with van der Waals surface area (Å²) in [7, 11) is 1.37. The van der Waals surface area contributed by atoms with Gasteiger partial charge < -0.3 is 5.32 Å². The molecular formula is C8H15FN2O3. The quantitative estimate of drug-likeness (QED) is 0.328. The molecule has 0 aliphatic heterocycles. The van der Waals surface area contributed by atoms with Gasteiger partial charge in [-0.15, -0.1) is 0 Å². The van der Waals surface area contributed by atoms with E-state index in [0.29, 0.717) is 12.8 Å². The van der Waals surface area contributed by atoms with Gasteiger partial charge in [0.2, 0.25) is 5.91 Å². The van der Waals surface area contributed by atoms with E-state index in [1.54, 1.807) is 0 Å². The number of hydrogen-bond donors (Lipinski definition) is 3. The average molecular weight is 206 g/mol. The first-order valence-corrected chi connectivity index (χ1v) is 4.40. The summed E-state index contributed by atoms with van der Waals surface area (Å²) in [6.45, 7) is 0. The number of hydroxylamine groups is 1. The highest BCUT2D eigenvalue weighted by Crippen LogP contribution is 2.06. The summed E-state index contributed by atoms with van der Waals surface area (Å²) in [6, 6.07) is 0. The highest BCUT2D eigenvalue weighted by Gasteiger charge is 2.14. The van der Waals surface area contributed by atoms with E-state index < -0.39 is 18.0 Å². The third-order valence-electron chi connectivity index (χ3n) is 1.77. The minimum atomic E-state index is -1.52. The minimum Gasteiger partial charge on any atom is -0.357 e. The van der Waals surface area contributed by atoms with Crippen LogP contribution in [-0.4, -0.2) is 30.2 Å². The summed E-state index contributed by atoms with van der Waals surface area (Å²) in [6.07, 6.45) is -0.404. The van der Waals surface area contributed by atoms with Gasteiger partial charge in [0.1, 0.15) is 0 Å². The summed E-state index contributed by atoms with van der Waals surface area (Å²) < 4.78 is 12.8. The molecule has 0 aromatic carbocycles. The van der Waals surface area contributed by atoms with Crippen molar-refractivity contribution in [3.05, 3.63) is 0 Å². The SMILES string of the molecule is CNC(=O)C(F)CCCCC(=O)NO. The molecule has 0 saturated carbocycles. The molecule has 0 spiro atoms. The largest absolute Gasteiger partial charge is 0.357 e. The van der Waals surface area contributed by atoms with E-state index >= 15 is 0 Å². The average Bonchev–Trinajstić information content (AvgIpc) is 2.22. The molecule has 0 radical (unpaired) electrons. The molecule has 0 aliphatic rings. The van der Waals surface area contributed by atoms with Crippen molar-refractivity contribution in [1.82, 2.24) is 10.8 Å². The van der Waals surface area contributed by atoms with Gasteiger partial charge in [-0.3, -0.25) is 14.8 Å². The lowest BCUT2D eigenvalue weighted by Crippen LogP contribution is -2.28. The maximum absolute atomic E-state index is 12.8. The van der Waals surface area contributed by atoms with Crippen LogP contribution in [0.4, 0.5) is 4.39 Å². The Morgan fingerprint density at radius 1 is 1.43 bits per heavy atom. The first kappa shape index (κ1) is 12.8. The number of halogens is 1. The Morgan fingerprint density at radius 3 is 2.57 bits per heavy atom. The van der Waals surface area contributed by atoms with Crippen LogP contribution in [0, 0.1) is 0 Å². The number of hydrogen-bond acceptors (Lipinski definition) is 3. The number of amides is 2. The molecule has 0 aromatic rings. The lowest BCUT2D eigenvalue weighted by molar-refractivity contribution is -0.129. The fourth-order valence-corrected chi connectivity index (χ4v) is 0.953. The van der Waals surface area contributed by atoms with Gasteiger partial charge >= 0.3 is 0 Å². The maximum atomic E-state index is 12.8. The molecule has 2 amide bonds. The van der Waals surface area contributed by atoms with Crippen LogP contribution >= 0.6 is 0 Å². The van der Waals surface area contributed by atoms with E-state index in [2.05, 4.69) is 5.32 Å². The molecule has 5 nitrogen and oxygen atoms in total. The van der Waals surface area contributed by atoms with Crippen LogP contribution in [0.15, 0.2) is 0 Å². The Kier molecular flexibility index (Phi) is 6.65. The van der Waals surface area contributed by atoms with Gasteiger partial charge in [0.25, 0.3) is 5.91 Å². The van der Waals surface area contributed by atoms with Crippen LogP contribution in [-0.2, 0) is 9.59 Å². The smallest absolute Gasteiger partial charge is 0.254 e. The molecule has 3 N–H and O–H groups in total. The minimum absolute atomic E-state index is 0.0956. The van der Waals surface area contributed by atoms with E-state index in [-0.39, 0.29) is 12.8 Å². The van der Waals surface area contributed by atoms with Crippen molar-refractivity contribution < 1.29 is 19.2 Å². The van der Waals surface area contributed by atoms with Crippen molar-refractivity contribution in [3.8, 4) is 0 Å². The van der Waals surface area contributed by atoms with Gasteiger partial charge in [-0.25, -0.2) is 9.87 Å². The predicted molar refractivity (Wildman–Crippen MR) is 47.4 cm³/mol. The zero-order valence-electron chi connectivity index (χ0n) is 8.05. The van der Waals surface area contributed by atoms with Gasteiger partial charge in [-0.2, -0.15) is 0 Å². The van der Waals surface area contributed by atoms with E-state index in [9.17, 15) is 14.0 Å². The number of unbranched alkanes of at least 4 members (excludes halogenated alkanes) is 1. The van der Waals surface area contributed by atoms with Crippen LogP contribution < -0.4 is 10.8 Å². The van der Waals surface area contributed by atoms with Crippen molar-refractivity contribution in [2.75, 3.05) is 7.05 Å². The third-order valence-corrected chi connectivity index (χ3v) is 1.77. The fourth-order valence-electron chi connectivity index (χ4n) is 0.953. The normalized spacial score (nSPS) is 11.9. The second-order valence-corrected chi connectivity index (χ2v) is 2.86. The Bertz CT molecular complexity index is 199. The highest BCUT2D eigenvalue weighted by molar-refractivity contribution is 5.80. The number of carbonyl (C=O) groups is 2. The molecule has 0 aromatic heterocycles. The first-order valence-electron chi connectivity index (χ1n) is 4.40. The van der Waals surface area contributed by atoms with E-state index in [1.165, 1.54) is 12.5 Å². The Labute approximate surface area is 81.6 Å². The first-order chi connectivity index (χ1) is 6.61. The van der Waals surface area contributed by atoms with Gasteiger partial charge in [-0.1, -0.05) is 0 Å². The summed E-state index contributed by atoms with van der Waals surface area (Å²) in [5, 5.41) is 10.3. The number of alkyl halides is 1. The summed E-state index contributed by atoms with van der Waals surface area (Å²) in [5.74, 6) is -1.14. The molecule has 0 fully saturated rings. The van der Waals surface area contributed by atoms with Crippen molar-refractivity contribution in [2.45, 2.75) is 31.9 Å². The second-order valence-electron chi connectivity index (χ2n) is 2.86. The highest BCUT2D eigenvalue weighted by atomic mass is 19.1. The Morgan fingerprint density at radius 2 is 2.07 bits per heavy atom. The zero-order valence-corrected chi connectivity index (χ0v) is 8.05. The number of carbonyl (C=O) groups excluding carboxylic acids is 2. The fraction of sp³-hybridized carbons (Fsp3) is 0.750. The molecule has 0 aliphatic carbocycles. The molecule has 0 saturated heterocycles. The summed E-state index contributed by atoms with van der Waals surface area (Å²) in [5.41, 5.74) is 1.48. The molecule has 0 rings (SSSR count). The molecule has 14 heavy (non-hydrogen) atoms. The number of nitrogens with one attached hydrogen (secondary N) is 2. The topological polar surface area (TPSA) is 78.4 Å². The lowest BCUT2D eigenvalue weighted by atomic mass is 10.1. The monoisotopic (exact) mass is 206 g/mol. The van der Waals surface area contributed by atoms with Gasteiger partial charge in [0.05, 0.1) is 0 Å². The van der Waals surface area contributed by atoms with Crippen molar-refractivity contribution >= 4 is 11.8 Å². The Balaban J connectivity index is 3.45. The second kappa shape index (κ2) is 7.25. The summed E-state index contributed by atoms with van der Waals surface area (Å²) >= 11 is 0. The van der Waals surface area contributed by atoms with Gasteiger partial charge in [-0.05, 0) is 19.3 Å². The molecule has 1 unspecified atom stereocenters. The molecule has 0 heterocycles. The van der Waals surface area contributed by atoms with Crippen molar-refractivity contribution in [1.29, 1.82) is 0 Å². The molecular weight excluding hydrogens is 191 g/mol. The molecule has 6 heteroatoms.